The average Bonchev–Trinajstić information content (AvgIpc) is 2.72. The minimum absolute atomic E-state index is 0.107. The van der Waals surface area contributed by atoms with Gasteiger partial charge in [-0.1, -0.05) is 48.0 Å². The fourth-order valence-electron chi connectivity index (χ4n) is 3.38. The molecule has 0 aliphatic carbocycles. The molecule has 7 nitrogen and oxygen atoms in total. The van der Waals surface area contributed by atoms with Crippen LogP contribution >= 0.6 is 11.6 Å². The number of rotatable bonds is 6. The number of halogens is 2. The number of ether oxygens (including phenoxy) is 1. The molecule has 1 aliphatic rings. The highest BCUT2D eigenvalue weighted by Gasteiger charge is 2.42. The Kier molecular flexibility index (Phi) is 6.69. The van der Waals surface area contributed by atoms with E-state index in [0.717, 1.165) is 11.0 Å². The second-order valence-electron chi connectivity index (χ2n) is 6.93. The minimum Gasteiger partial charge on any atom is -0.480 e. The lowest BCUT2D eigenvalue weighted by Crippen LogP contribution is -2.54. The van der Waals surface area contributed by atoms with Crippen LogP contribution in [0.5, 0.6) is 0 Å². The van der Waals surface area contributed by atoms with Crippen molar-refractivity contribution in [3.8, 4) is 0 Å². The Morgan fingerprint density at radius 3 is 2.60 bits per heavy atom. The standard InChI is InChI=1S/C21H20ClFN2O5/c1-24-17(26)12-30-20(19(24)14-5-3-2-4-6-14)21(29)25(11-18(27)28)10-13-7-8-16(23)15(22)9-13/h2-9,19-20H,10-12H2,1H3,(H,27,28)/t19-,20-/m1/s1. The molecule has 158 valence electrons. The normalized spacial score (nSPS) is 18.9. The molecule has 0 radical (unpaired) electrons. The fraction of sp³-hybridized carbons (Fsp3) is 0.286. The maximum atomic E-state index is 13.5. The van der Waals surface area contributed by atoms with E-state index in [1.165, 1.54) is 17.0 Å². The number of benzene rings is 2. The maximum Gasteiger partial charge on any atom is 0.323 e. The van der Waals surface area contributed by atoms with E-state index in [0.29, 0.717) is 11.1 Å². The van der Waals surface area contributed by atoms with E-state index < -0.39 is 36.4 Å². The van der Waals surface area contributed by atoms with E-state index >= 15 is 0 Å². The van der Waals surface area contributed by atoms with E-state index in [9.17, 15) is 23.9 Å². The highest BCUT2D eigenvalue weighted by atomic mass is 35.5. The lowest BCUT2D eigenvalue weighted by atomic mass is 9.97. The predicted molar refractivity (Wildman–Crippen MR) is 106 cm³/mol. The number of carboxylic acids is 1. The summed E-state index contributed by atoms with van der Waals surface area (Å²) in [5.74, 6) is -2.71. The average molecular weight is 435 g/mol. The van der Waals surface area contributed by atoms with E-state index in [2.05, 4.69) is 0 Å². The lowest BCUT2D eigenvalue weighted by Gasteiger charge is -2.40. The summed E-state index contributed by atoms with van der Waals surface area (Å²) in [5.41, 5.74) is 1.15. The summed E-state index contributed by atoms with van der Waals surface area (Å²) in [6.45, 7) is -0.990. The van der Waals surface area contributed by atoms with Gasteiger partial charge in [-0.15, -0.1) is 0 Å². The smallest absolute Gasteiger partial charge is 0.323 e. The Balaban J connectivity index is 1.92. The van der Waals surface area contributed by atoms with Crippen LogP contribution in [0.3, 0.4) is 0 Å². The van der Waals surface area contributed by atoms with Crippen molar-refractivity contribution >= 4 is 29.4 Å². The number of nitrogens with zero attached hydrogens (tertiary/aromatic N) is 2. The van der Waals surface area contributed by atoms with E-state index in [-0.39, 0.29) is 24.1 Å². The summed E-state index contributed by atoms with van der Waals surface area (Å²) in [7, 11) is 1.57. The van der Waals surface area contributed by atoms with Gasteiger partial charge in [-0.3, -0.25) is 14.4 Å². The molecule has 1 N–H and O–H groups in total. The molecule has 0 unspecified atom stereocenters. The van der Waals surface area contributed by atoms with Gasteiger partial charge in [0.1, 0.15) is 19.0 Å². The number of amides is 2. The van der Waals surface area contributed by atoms with Gasteiger partial charge in [-0.2, -0.15) is 0 Å². The minimum atomic E-state index is -1.21. The highest BCUT2D eigenvalue weighted by Crippen LogP contribution is 2.30. The third-order valence-corrected chi connectivity index (χ3v) is 5.15. The summed E-state index contributed by atoms with van der Waals surface area (Å²) >= 11 is 5.81. The van der Waals surface area contributed by atoms with E-state index in [1.807, 2.05) is 0 Å². The summed E-state index contributed by atoms with van der Waals surface area (Å²) in [4.78, 5) is 39.4. The fourth-order valence-corrected chi connectivity index (χ4v) is 3.58. The highest BCUT2D eigenvalue weighted by molar-refractivity contribution is 6.30. The van der Waals surface area contributed by atoms with Gasteiger partial charge < -0.3 is 19.6 Å². The van der Waals surface area contributed by atoms with Crippen LogP contribution in [-0.4, -0.2) is 59.0 Å². The molecule has 3 rings (SSSR count). The molecule has 1 fully saturated rings. The number of aliphatic carboxylic acids is 1. The van der Waals surface area contributed by atoms with Crippen molar-refractivity contribution in [2.75, 3.05) is 20.2 Å². The Bertz CT molecular complexity index is 956. The molecule has 1 aliphatic heterocycles. The van der Waals surface area contributed by atoms with Crippen molar-refractivity contribution in [1.82, 2.24) is 9.80 Å². The Labute approximate surface area is 177 Å². The molecule has 2 aromatic carbocycles. The van der Waals surface area contributed by atoms with Crippen molar-refractivity contribution in [2.24, 2.45) is 0 Å². The number of morpholine rings is 1. The van der Waals surface area contributed by atoms with Gasteiger partial charge >= 0.3 is 5.97 Å². The quantitative estimate of drug-likeness (QED) is 0.754. The van der Waals surface area contributed by atoms with Crippen molar-refractivity contribution < 1.29 is 28.6 Å². The molecule has 0 spiro atoms. The van der Waals surface area contributed by atoms with Gasteiger partial charge in [-0.05, 0) is 23.3 Å². The number of carbonyl (C=O) groups excluding carboxylic acids is 2. The SMILES string of the molecule is CN1C(=O)CO[C@@H](C(=O)N(CC(=O)O)Cc2ccc(F)c(Cl)c2)[C@H]1c1ccccc1. The number of carbonyl (C=O) groups is 3. The van der Waals surface area contributed by atoms with Crippen molar-refractivity contribution in [1.29, 1.82) is 0 Å². The molecule has 1 heterocycles. The van der Waals surface area contributed by atoms with Gasteiger partial charge in [0.2, 0.25) is 5.91 Å². The molecule has 30 heavy (non-hydrogen) atoms. The van der Waals surface area contributed by atoms with Gasteiger partial charge in [0, 0.05) is 13.6 Å². The van der Waals surface area contributed by atoms with Gasteiger partial charge in [0.05, 0.1) is 11.1 Å². The second kappa shape index (κ2) is 9.23. The molecule has 0 bridgehead atoms. The molecule has 2 aromatic rings. The number of hydrogen-bond donors (Lipinski definition) is 1. The first kappa shape index (κ1) is 21.7. The third kappa shape index (κ3) is 4.77. The van der Waals surface area contributed by atoms with E-state index in [1.54, 1.807) is 37.4 Å². The van der Waals surface area contributed by atoms with Crippen molar-refractivity contribution in [3.05, 3.63) is 70.5 Å². The Hall–Kier alpha value is -2.97. The van der Waals surface area contributed by atoms with Crippen LogP contribution in [-0.2, 0) is 25.7 Å². The Morgan fingerprint density at radius 1 is 1.27 bits per heavy atom. The van der Waals surface area contributed by atoms with Gasteiger partial charge in [0.15, 0.2) is 6.10 Å². The Morgan fingerprint density at radius 2 is 1.97 bits per heavy atom. The zero-order valence-electron chi connectivity index (χ0n) is 16.1. The third-order valence-electron chi connectivity index (χ3n) is 4.86. The first-order valence-corrected chi connectivity index (χ1v) is 9.52. The van der Waals surface area contributed by atoms with Crippen LogP contribution in [0.1, 0.15) is 17.2 Å². The molecule has 1 saturated heterocycles. The molecular formula is C21H20ClFN2O5. The van der Waals surface area contributed by atoms with Crippen LogP contribution in [0, 0.1) is 5.82 Å². The van der Waals surface area contributed by atoms with Crippen LogP contribution in [0.4, 0.5) is 4.39 Å². The summed E-state index contributed by atoms with van der Waals surface area (Å²) < 4.78 is 19.0. The summed E-state index contributed by atoms with van der Waals surface area (Å²) in [5, 5.41) is 9.17. The zero-order valence-corrected chi connectivity index (χ0v) is 16.9. The van der Waals surface area contributed by atoms with Gasteiger partial charge in [-0.25, -0.2) is 4.39 Å². The second-order valence-corrected chi connectivity index (χ2v) is 7.34. The number of carboxylic acid groups (broad SMARTS) is 1. The first-order valence-electron chi connectivity index (χ1n) is 9.14. The largest absolute Gasteiger partial charge is 0.480 e. The predicted octanol–water partition coefficient (Wildman–Crippen LogP) is 2.49. The molecule has 9 heteroatoms. The van der Waals surface area contributed by atoms with Gasteiger partial charge in [0.25, 0.3) is 5.91 Å². The molecule has 0 saturated carbocycles. The number of likely N-dealkylation sites (N-methyl/N-ethyl adjacent to an activating group) is 1. The zero-order chi connectivity index (χ0) is 21.8. The summed E-state index contributed by atoms with van der Waals surface area (Å²) in [6.07, 6.45) is -1.09. The maximum absolute atomic E-state index is 13.5. The monoisotopic (exact) mass is 434 g/mol. The molecular weight excluding hydrogens is 415 g/mol. The van der Waals surface area contributed by atoms with Crippen LogP contribution in [0.2, 0.25) is 5.02 Å². The first-order chi connectivity index (χ1) is 14.3. The number of hydrogen-bond acceptors (Lipinski definition) is 4. The van der Waals surface area contributed by atoms with Crippen LogP contribution in [0.25, 0.3) is 0 Å². The lowest BCUT2D eigenvalue weighted by molar-refractivity contribution is -0.169. The molecule has 2 atom stereocenters. The van der Waals surface area contributed by atoms with E-state index in [4.69, 9.17) is 16.3 Å². The molecule has 0 aromatic heterocycles. The van der Waals surface area contributed by atoms with Crippen LogP contribution in [0.15, 0.2) is 48.5 Å². The summed E-state index contributed by atoms with van der Waals surface area (Å²) in [6, 6.07) is 12.1. The van der Waals surface area contributed by atoms with Crippen molar-refractivity contribution in [3.63, 3.8) is 0 Å². The van der Waals surface area contributed by atoms with Crippen LogP contribution < -0.4 is 0 Å². The molecule has 2 amide bonds. The van der Waals surface area contributed by atoms with Crippen molar-refractivity contribution in [2.45, 2.75) is 18.7 Å². The topological polar surface area (TPSA) is 87.2 Å².